The van der Waals surface area contributed by atoms with Gasteiger partial charge in [-0.15, -0.1) is 10.2 Å². The van der Waals surface area contributed by atoms with Crippen molar-refractivity contribution in [3.8, 4) is 0 Å². The summed E-state index contributed by atoms with van der Waals surface area (Å²) in [7, 11) is 0. The number of hydrogen-bond donors (Lipinski definition) is 1. The molecule has 2 rings (SSSR count). The van der Waals surface area contributed by atoms with E-state index in [1.165, 1.54) is 0 Å². The highest BCUT2D eigenvalue weighted by atomic mass is 35.5. The summed E-state index contributed by atoms with van der Waals surface area (Å²) in [5.74, 6) is 1.18. The minimum Gasteiger partial charge on any atom is -0.309 e. The lowest BCUT2D eigenvalue weighted by molar-refractivity contribution is -0.115. The van der Waals surface area contributed by atoms with Gasteiger partial charge in [0.15, 0.2) is 5.82 Å². The second kappa shape index (κ2) is 7.26. The standard InChI is InChI=1S/C14H14ClN3OS/c1-2-13(19)16-12-6-7-14(18-17-12)20-9-10-4-3-5-11(15)8-10/h3-8H,2,9H2,1H3,(H,16,17,19). The van der Waals surface area contributed by atoms with Gasteiger partial charge >= 0.3 is 0 Å². The fourth-order valence-corrected chi connectivity index (χ4v) is 2.45. The fourth-order valence-electron chi connectivity index (χ4n) is 1.48. The van der Waals surface area contributed by atoms with Crippen LogP contribution in [0.4, 0.5) is 5.82 Å². The van der Waals surface area contributed by atoms with Crippen LogP contribution in [-0.2, 0) is 10.5 Å². The molecule has 2 aromatic rings. The van der Waals surface area contributed by atoms with Crippen molar-refractivity contribution in [1.82, 2.24) is 10.2 Å². The summed E-state index contributed by atoms with van der Waals surface area (Å²) in [6, 6.07) is 11.3. The van der Waals surface area contributed by atoms with Crippen LogP contribution in [-0.4, -0.2) is 16.1 Å². The molecule has 1 heterocycles. The number of hydrogen-bond acceptors (Lipinski definition) is 4. The normalized spacial score (nSPS) is 10.3. The predicted molar refractivity (Wildman–Crippen MR) is 82.0 cm³/mol. The minimum absolute atomic E-state index is 0.0707. The third-order valence-corrected chi connectivity index (χ3v) is 3.73. The Morgan fingerprint density at radius 2 is 2.15 bits per heavy atom. The number of carbonyl (C=O) groups excluding carboxylic acids is 1. The van der Waals surface area contributed by atoms with Gasteiger partial charge in [-0.2, -0.15) is 0 Å². The van der Waals surface area contributed by atoms with Crippen molar-refractivity contribution in [2.45, 2.75) is 24.1 Å². The highest BCUT2D eigenvalue weighted by molar-refractivity contribution is 7.98. The number of rotatable bonds is 5. The molecule has 1 aromatic heterocycles. The molecular weight excluding hydrogens is 294 g/mol. The van der Waals surface area contributed by atoms with Gasteiger partial charge in [0, 0.05) is 17.2 Å². The van der Waals surface area contributed by atoms with Crippen molar-refractivity contribution in [3.05, 3.63) is 47.0 Å². The maximum atomic E-state index is 11.2. The highest BCUT2D eigenvalue weighted by Gasteiger charge is 2.03. The van der Waals surface area contributed by atoms with Gasteiger partial charge in [-0.25, -0.2) is 0 Å². The largest absolute Gasteiger partial charge is 0.309 e. The zero-order valence-electron chi connectivity index (χ0n) is 11.0. The molecule has 0 aliphatic heterocycles. The van der Waals surface area contributed by atoms with E-state index in [0.29, 0.717) is 12.2 Å². The quantitative estimate of drug-likeness (QED) is 0.854. The lowest BCUT2D eigenvalue weighted by atomic mass is 10.2. The van der Waals surface area contributed by atoms with Gasteiger partial charge in [-0.05, 0) is 29.8 Å². The summed E-state index contributed by atoms with van der Waals surface area (Å²) >= 11 is 7.50. The number of thioether (sulfide) groups is 1. The molecule has 0 saturated heterocycles. The van der Waals surface area contributed by atoms with Gasteiger partial charge in [-0.1, -0.05) is 42.4 Å². The molecule has 104 valence electrons. The van der Waals surface area contributed by atoms with Crippen LogP contribution >= 0.6 is 23.4 Å². The van der Waals surface area contributed by atoms with Crippen molar-refractivity contribution in [3.63, 3.8) is 0 Å². The summed E-state index contributed by atoms with van der Waals surface area (Å²) in [5.41, 5.74) is 1.13. The number of halogens is 1. The van der Waals surface area contributed by atoms with E-state index in [4.69, 9.17) is 11.6 Å². The first-order valence-corrected chi connectivity index (χ1v) is 7.54. The molecule has 0 radical (unpaired) electrons. The molecule has 4 nitrogen and oxygen atoms in total. The summed E-state index contributed by atoms with van der Waals surface area (Å²) in [6.45, 7) is 1.79. The molecule has 1 N–H and O–H groups in total. The van der Waals surface area contributed by atoms with E-state index < -0.39 is 0 Å². The van der Waals surface area contributed by atoms with Crippen LogP contribution in [0.3, 0.4) is 0 Å². The zero-order chi connectivity index (χ0) is 14.4. The molecular formula is C14H14ClN3OS. The van der Waals surface area contributed by atoms with Crippen LogP contribution < -0.4 is 5.32 Å². The van der Waals surface area contributed by atoms with Crippen LogP contribution in [0, 0.1) is 0 Å². The fraction of sp³-hybridized carbons (Fsp3) is 0.214. The average molecular weight is 308 g/mol. The van der Waals surface area contributed by atoms with Gasteiger partial charge in [-0.3, -0.25) is 4.79 Å². The summed E-state index contributed by atoms with van der Waals surface area (Å²) < 4.78 is 0. The van der Waals surface area contributed by atoms with Crippen molar-refractivity contribution in [2.75, 3.05) is 5.32 Å². The van der Waals surface area contributed by atoms with E-state index >= 15 is 0 Å². The Balaban J connectivity index is 1.92. The SMILES string of the molecule is CCC(=O)Nc1ccc(SCc2cccc(Cl)c2)nn1. The molecule has 0 aliphatic carbocycles. The Labute approximate surface area is 126 Å². The minimum atomic E-state index is -0.0707. The Morgan fingerprint density at radius 1 is 1.30 bits per heavy atom. The molecule has 6 heteroatoms. The van der Waals surface area contributed by atoms with Crippen LogP contribution in [0.1, 0.15) is 18.9 Å². The molecule has 0 bridgehead atoms. The monoisotopic (exact) mass is 307 g/mol. The maximum Gasteiger partial charge on any atom is 0.225 e. The summed E-state index contributed by atoms with van der Waals surface area (Å²) in [6.07, 6.45) is 0.424. The van der Waals surface area contributed by atoms with Crippen molar-refractivity contribution < 1.29 is 4.79 Å². The second-order valence-electron chi connectivity index (χ2n) is 4.08. The lowest BCUT2D eigenvalue weighted by Gasteiger charge is -2.04. The van der Waals surface area contributed by atoms with E-state index in [1.54, 1.807) is 24.8 Å². The number of anilines is 1. The Bertz CT molecular complexity index is 589. The van der Waals surface area contributed by atoms with Gasteiger partial charge < -0.3 is 5.32 Å². The first-order valence-electron chi connectivity index (χ1n) is 6.18. The number of benzene rings is 1. The number of amides is 1. The number of aromatic nitrogens is 2. The second-order valence-corrected chi connectivity index (χ2v) is 5.51. The van der Waals surface area contributed by atoms with Crippen molar-refractivity contribution in [2.24, 2.45) is 0 Å². The van der Waals surface area contributed by atoms with Gasteiger partial charge in [0.05, 0.1) is 0 Å². The lowest BCUT2D eigenvalue weighted by Crippen LogP contribution is -2.11. The molecule has 0 aliphatic rings. The molecule has 0 saturated carbocycles. The van der Waals surface area contributed by atoms with E-state index in [-0.39, 0.29) is 5.91 Å². The summed E-state index contributed by atoms with van der Waals surface area (Å²) in [4.78, 5) is 11.2. The molecule has 0 unspecified atom stereocenters. The van der Waals surface area contributed by atoms with E-state index in [0.717, 1.165) is 21.4 Å². The Hall–Kier alpha value is -1.59. The average Bonchev–Trinajstić information content (AvgIpc) is 2.46. The first-order chi connectivity index (χ1) is 9.67. The van der Waals surface area contributed by atoms with Crippen molar-refractivity contribution in [1.29, 1.82) is 0 Å². The maximum absolute atomic E-state index is 11.2. The third-order valence-electron chi connectivity index (χ3n) is 2.50. The van der Waals surface area contributed by atoms with Crippen LogP contribution in [0.25, 0.3) is 0 Å². The highest BCUT2D eigenvalue weighted by Crippen LogP contribution is 2.22. The smallest absolute Gasteiger partial charge is 0.225 e. The zero-order valence-corrected chi connectivity index (χ0v) is 12.5. The van der Waals surface area contributed by atoms with E-state index in [1.807, 2.05) is 30.3 Å². The summed E-state index contributed by atoms with van der Waals surface area (Å²) in [5, 5.41) is 12.2. The third kappa shape index (κ3) is 4.51. The molecule has 0 atom stereocenters. The number of nitrogens with one attached hydrogen (secondary N) is 1. The van der Waals surface area contributed by atoms with Gasteiger partial charge in [0.25, 0.3) is 0 Å². The Kier molecular flexibility index (Phi) is 5.38. The number of nitrogens with zero attached hydrogens (tertiary/aromatic N) is 2. The molecule has 20 heavy (non-hydrogen) atoms. The number of carbonyl (C=O) groups is 1. The first kappa shape index (κ1) is 14.8. The van der Waals surface area contributed by atoms with E-state index in [2.05, 4.69) is 15.5 Å². The van der Waals surface area contributed by atoms with Crippen LogP contribution in [0.15, 0.2) is 41.4 Å². The molecule has 0 spiro atoms. The Morgan fingerprint density at radius 3 is 2.80 bits per heavy atom. The predicted octanol–water partition coefficient (Wildman–Crippen LogP) is 3.77. The van der Waals surface area contributed by atoms with Gasteiger partial charge in [0.1, 0.15) is 5.03 Å². The molecule has 1 aromatic carbocycles. The molecule has 1 amide bonds. The van der Waals surface area contributed by atoms with E-state index in [9.17, 15) is 4.79 Å². The van der Waals surface area contributed by atoms with Crippen LogP contribution in [0.2, 0.25) is 5.02 Å². The van der Waals surface area contributed by atoms with Crippen LogP contribution in [0.5, 0.6) is 0 Å². The van der Waals surface area contributed by atoms with Gasteiger partial charge in [0.2, 0.25) is 5.91 Å². The topological polar surface area (TPSA) is 54.9 Å². The van der Waals surface area contributed by atoms with Crippen molar-refractivity contribution >= 4 is 35.1 Å². The molecule has 0 fully saturated rings.